The smallest absolute Gasteiger partial charge is 0.145 e. The van der Waals surface area contributed by atoms with Gasteiger partial charge < -0.3 is 4.74 Å². The zero-order valence-electron chi connectivity index (χ0n) is 19.9. The maximum absolute atomic E-state index is 14.6. The van der Waals surface area contributed by atoms with E-state index >= 15 is 0 Å². The number of ether oxygens (including phenoxy) is 1. The van der Waals surface area contributed by atoms with Gasteiger partial charge in [-0.2, -0.15) is 0 Å². The zero-order valence-corrected chi connectivity index (χ0v) is 19.9. The molecule has 0 aliphatic heterocycles. The summed E-state index contributed by atoms with van der Waals surface area (Å²) >= 11 is 0. The highest BCUT2D eigenvalue weighted by molar-refractivity contribution is 5.84. The monoisotopic (exact) mass is 504 g/mol. The van der Waals surface area contributed by atoms with Crippen molar-refractivity contribution < 1.29 is 26.7 Å². The Morgan fingerprint density at radius 1 is 0.595 bits per heavy atom. The molecule has 37 heavy (non-hydrogen) atoms. The number of hydrogen-bond acceptors (Lipinski definition) is 1. The minimum atomic E-state index is -0.962. The quantitative estimate of drug-likeness (QED) is 0.153. The van der Waals surface area contributed by atoms with E-state index in [4.69, 9.17) is 4.74 Å². The molecule has 0 N–H and O–H groups in total. The van der Waals surface area contributed by atoms with Gasteiger partial charge in [-0.25, -0.2) is 22.0 Å². The van der Waals surface area contributed by atoms with Crippen LogP contribution < -0.4 is 4.74 Å². The molecule has 0 aliphatic rings. The van der Waals surface area contributed by atoms with Gasteiger partial charge in [0.05, 0.1) is 17.7 Å². The van der Waals surface area contributed by atoms with E-state index < -0.39 is 34.4 Å². The van der Waals surface area contributed by atoms with Gasteiger partial charge in [-0.05, 0) is 53.6 Å². The molecule has 0 atom stereocenters. The van der Waals surface area contributed by atoms with E-state index in [9.17, 15) is 22.0 Å². The minimum absolute atomic E-state index is 0.0512. The van der Waals surface area contributed by atoms with Crippen molar-refractivity contribution in [1.82, 2.24) is 0 Å². The summed E-state index contributed by atoms with van der Waals surface area (Å²) in [6.07, 6.45) is 2.70. The molecule has 0 spiro atoms. The van der Waals surface area contributed by atoms with E-state index in [0.29, 0.717) is 17.6 Å². The molecular weight excluding hydrogens is 483 g/mol. The lowest BCUT2D eigenvalue weighted by Gasteiger charge is -2.07. The molecule has 0 heterocycles. The molecular formula is C31H21F5O. The van der Waals surface area contributed by atoms with Gasteiger partial charge in [-0.3, -0.25) is 0 Å². The molecule has 4 aromatic rings. The van der Waals surface area contributed by atoms with Gasteiger partial charge in [0.25, 0.3) is 0 Å². The second-order valence-electron chi connectivity index (χ2n) is 8.34. The van der Waals surface area contributed by atoms with Crippen molar-refractivity contribution in [2.24, 2.45) is 0 Å². The Hall–Kier alpha value is -4.29. The molecule has 6 heteroatoms. The van der Waals surface area contributed by atoms with Gasteiger partial charge >= 0.3 is 0 Å². The highest BCUT2D eigenvalue weighted by atomic mass is 19.1. The molecule has 0 saturated carbocycles. The molecule has 0 amide bonds. The number of hydrogen-bond donors (Lipinski definition) is 0. The maximum Gasteiger partial charge on any atom is 0.145 e. The van der Waals surface area contributed by atoms with Crippen LogP contribution in [0, 0.1) is 52.8 Å². The summed E-state index contributed by atoms with van der Waals surface area (Å²) in [7, 11) is 0. The molecule has 1 nitrogen and oxygen atoms in total. The minimum Gasteiger partial charge on any atom is -0.493 e. The lowest BCUT2D eigenvalue weighted by molar-refractivity contribution is 0.303. The normalized spacial score (nSPS) is 10.4. The van der Waals surface area contributed by atoms with Crippen molar-refractivity contribution in [2.45, 2.75) is 26.2 Å². The van der Waals surface area contributed by atoms with Crippen molar-refractivity contribution in [1.29, 1.82) is 0 Å². The van der Waals surface area contributed by atoms with Crippen molar-refractivity contribution in [3.63, 3.8) is 0 Å². The lowest BCUT2D eigenvalue weighted by atomic mass is 10.1. The van der Waals surface area contributed by atoms with E-state index in [0.717, 1.165) is 48.9 Å². The largest absolute Gasteiger partial charge is 0.493 e. The van der Waals surface area contributed by atoms with Crippen LogP contribution in [0.15, 0.2) is 60.7 Å². The van der Waals surface area contributed by atoms with Crippen LogP contribution in [0.4, 0.5) is 22.0 Å². The summed E-state index contributed by atoms with van der Waals surface area (Å²) in [5, 5.41) is 1.41. The van der Waals surface area contributed by atoms with Crippen molar-refractivity contribution in [3.8, 4) is 29.4 Å². The van der Waals surface area contributed by atoms with E-state index in [1.165, 1.54) is 12.1 Å². The summed E-state index contributed by atoms with van der Waals surface area (Å²) in [6, 6.07) is 13.2. The van der Waals surface area contributed by atoms with E-state index in [-0.39, 0.29) is 17.1 Å². The zero-order chi connectivity index (χ0) is 26.4. The van der Waals surface area contributed by atoms with Crippen molar-refractivity contribution in [2.75, 3.05) is 6.61 Å². The third-order valence-electron chi connectivity index (χ3n) is 5.54. The molecule has 0 aromatic heterocycles. The standard InChI is InChI=1S/C31H21F5O/c1-2-3-4-13-37-25-18-30(35)27(31(36)19-25)12-7-21-15-28(33)26(29(34)16-21)11-6-20-5-8-23-17-24(32)10-9-22(23)14-20/h5,8-10,14-19H,2-4,13H2,1H3. The Balaban J connectivity index is 1.54. The first-order valence-electron chi connectivity index (χ1n) is 11.7. The predicted molar refractivity (Wildman–Crippen MR) is 134 cm³/mol. The fourth-order valence-corrected chi connectivity index (χ4v) is 3.62. The van der Waals surface area contributed by atoms with Gasteiger partial charge in [-0.1, -0.05) is 55.6 Å². The van der Waals surface area contributed by atoms with E-state index in [1.54, 1.807) is 24.3 Å². The summed E-state index contributed by atoms with van der Waals surface area (Å²) in [5.74, 6) is 5.77. The lowest BCUT2D eigenvalue weighted by Crippen LogP contribution is -2.00. The molecule has 0 bridgehead atoms. The molecule has 0 saturated heterocycles. The molecule has 0 fully saturated rings. The van der Waals surface area contributed by atoms with Crippen LogP contribution in [-0.2, 0) is 0 Å². The topological polar surface area (TPSA) is 9.23 Å². The van der Waals surface area contributed by atoms with Crippen LogP contribution in [0.1, 0.15) is 48.4 Å². The summed E-state index contributed by atoms with van der Waals surface area (Å²) in [6.45, 7) is 2.37. The van der Waals surface area contributed by atoms with Crippen LogP contribution in [0.25, 0.3) is 10.8 Å². The van der Waals surface area contributed by atoms with Crippen LogP contribution >= 0.6 is 0 Å². The number of unbranched alkanes of at least 4 members (excludes halogenated alkanes) is 2. The second-order valence-corrected chi connectivity index (χ2v) is 8.34. The Labute approximate surface area is 211 Å². The SMILES string of the molecule is CCCCCOc1cc(F)c(C#Cc2cc(F)c(C#Cc3ccc4cc(F)ccc4c3)c(F)c2)c(F)c1. The molecule has 0 aliphatic carbocycles. The fraction of sp³-hybridized carbons (Fsp3) is 0.161. The van der Waals surface area contributed by atoms with Crippen molar-refractivity contribution in [3.05, 3.63) is 112 Å². The molecule has 186 valence electrons. The number of rotatable bonds is 5. The maximum atomic E-state index is 14.6. The Morgan fingerprint density at radius 3 is 1.81 bits per heavy atom. The molecule has 4 rings (SSSR count). The second kappa shape index (κ2) is 11.6. The van der Waals surface area contributed by atoms with Crippen LogP contribution in [-0.4, -0.2) is 6.61 Å². The first-order chi connectivity index (χ1) is 17.8. The highest BCUT2D eigenvalue weighted by Crippen LogP contribution is 2.22. The van der Waals surface area contributed by atoms with Gasteiger partial charge in [0, 0.05) is 23.3 Å². The van der Waals surface area contributed by atoms with Gasteiger partial charge in [0.1, 0.15) is 34.8 Å². The number of benzene rings is 4. The van der Waals surface area contributed by atoms with Crippen molar-refractivity contribution >= 4 is 10.8 Å². The summed E-state index contributed by atoms with van der Waals surface area (Å²) < 4.78 is 76.7. The third kappa shape index (κ3) is 6.48. The Bertz CT molecular complexity index is 1540. The van der Waals surface area contributed by atoms with Gasteiger partial charge in [0.2, 0.25) is 0 Å². The highest BCUT2D eigenvalue weighted by Gasteiger charge is 2.12. The van der Waals surface area contributed by atoms with Gasteiger partial charge in [-0.15, -0.1) is 0 Å². The van der Waals surface area contributed by atoms with E-state index in [1.807, 2.05) is 6.92 Å². The number of halogens is 5. The first-order valence-corrected chi connectivity index (χ1v) is 11.7. The average molecular weight is 504 g/mol. The summed E-state index contributed by atoms with van der Waals surface area (Å²) in [4.78, 5) is 0. The third-order valence-corrected chi connectivity index (χ3v) is 5.54. The van der Waals surface area contributed by atoms with Crippen LogP contribution in [0.5, 0.6) is 5.75 Å². The van der Waals surface area contributed by atoms with Crippen LogP contribution in [0.2, 0.25) is 0 Å². The Morgan fingerprint density at radius 2 is 1.16 bits per heavy atom. The van der Waals surface area contributed by atoms with E-state index in [2.05, 4.69) is 23.7 Å². The summed E-state index contributed by atoms with van der Waals surface area (Å²) in [5.41, 5.74) is -0.606. The molecule has 4 aromatic carbocycles. The average Bonchev–Trinajstić information content (AvgIpc) is 2.85. The first kappa shape index (κ1) is 25.8. The van der Waals surface area contributed by atoms with Crippen LogP contribution in [0.3, 0.4) is 0 Å². The predicted octanol–water partition coefficient (Wildman–Crippen LogP) is 7.90. The van der Waals surface area contributed by atoms with Gasteiger partial charge in [0.15, 0.2) is 0 Å². The number of fused-ring (bicyclic) bond motifs is 1. The molecule has 0 radical (unpaired) electrons. The Kier molecular flexibility index (Phi) is 8.11. The molecule has 0 unspecified atom stereocenters. The fourth-order valence-electron chi connectivity index (χ4n) is 3.62.